The summed E-state index contributed by atoms with van der Waals surface area (Å²) in [6, 6.07) is 8.82. The molecule has 0 radical (unpaired) electrons. The number of thioether (sulfide) groups is 1. The zero-order valence-corrected chi connectivity index (χ0v) is 21.5. The van der Waals surface area contributed by atoms with E-state index in [1.165, 1.54) is 64.2 Å². The lowest BCUT2D eigenvalue weighted by Gasteiger charge is -2.60. The first-order valence-electron chi connectivity index (χ1n) is 13.6. The molecule has 4 bridgehead atoms. The first-order chi connectivity index (χ1) is 17.1. The van der Waals surface area contributed by atoms with Crippen LogP contribution in [0.15, 0.2) is 29.4 Å². The average molecular weight is 493 g/mol. The molecule has 0 atom stereocenters. The van der Waals surface area contributed by atoms with Gasteiger partial charge < -0.3 is 14.2 Å². The number of amides is 1. The second-order valence-electron chi connectivity index (χ2n) is 12.0. The molecule has 1 aromatic carbocycles. The first kappa shape index (κ1) is 22.2. The molecule has 0 spiro atoms. The number of aromatic nitrogens is 3. The van der Waals surface area contributed by atoms with Gasteiger partial charge in [0.05, 0.1) is 12.9 Å². The van der Waals surface area contributed by atoms with Gasteiger partial charge in [0.2, 0.25) is 5.91 Å². The van der Waals surface area contributed by atoms with Gasteiger partial charge in [-0.05, 0) is 99.7 Å². The molecule has 35 heavy (non-hydrogen) atoms. The van der Waals surface area contributed by atoms with E-state index in [1.54, 1.807) is 18.9 Å². The van der Waals surface area contributed by atoms with Gasteiger partial charge in [-0.1, -0.05) is 23.9 Å². The van der Waals surface area contributed by atoms with Crippen molar-refractivity contribution < 1.29 is 9.53 Å². The van der Waals surface area contributed by atoms with Gasteiger partial charge in [-0.3, -0.25) is 4.79 Å². The van der Waals surface area contributed by atoms with Crippen molar-refractivity contribution >= 4 is 17.7 Å². The van der Waals surface area contributed by atoms with Crippen LogP contribution in [0, 0.1) is 17.8 Å². The van der Waals surface area contributed by atoms with E-state index in [-0.39, 0.29) is 11.4 Å². The van der Waals surface area contributed by atoms with Crippen molar-refractivity contribution in [1.29, 1.82) is 0 Å². The Labute approximate surface area is 212 Å². The van der Waals surface area contributed by atoms with Gasteiger partial charge in [-0.25, -0.2) is 0 Å². The highest BCUT2D eigenvalue weighted by molar-refractivity contribution is 7.99. The van der Waals surface area contributed by atoms with Crippen LogP contribution in [0.5, 0.6) is 5.75 Å². The summed E-state index contributed by atoms with van der Waals surface area (Å²) in [6.45, 7) is 0.672. The fourth-order valence-corrected chi connectivity index (χ4v) is 8.64. The lowest BCUT2D eigenvalue weighted by atomic mass is 9.52. The quantitative estimate of drug-likeness (QED) is 0.427. The molecule has 186 valence electrons. The maximum Gasteiger partial charge on any atom is 0.233 e. The summed E-state index contributed by atoms with van der Waals surface area (Å²) in [5.41, 5.74) is 1.19. The molecule has 6 nitrogen and oxygen atoms in total. The van der Waals surface area contributed by atoms with Crippen LogP contribution in [0.25, 0.3) is 0 Å². The van der Waals surface area contributed by atoms with Crippen LogP contribution >= 0.6 is 11.8 Å². The number of carbonyl (C=O) groups excluding carboxylic acids is 1. The molecule has 8 rings (SSSR count). The highest BCUT2D eigenvalue weighted by Crippen LogP contribution is 2.58. The second kappa shape index (κ2) is 8.53. The third-order valence-electron chi connectivity index (χ3n) is 9.22. The van der Waals surface area contributed by atoms with Crippen LogP contribution in [-0.2, 0) is 11.3 Å². The number of methoxy groups -OCH3 is 1. The lowest BCUT2D eigenvalue weighted by molar-refractivity contribution is -0.149. The van der Waals surface area contributed by atoms with Gasteiger partial charge in [0.15, 0.2) is 5.16 Å². The third-order valence-corrected chi connectivity index (χ3v) is 10.2. The Morgan fingerprint density at radius 1 is 1.09 bits per heavy atom. The molecule has 1 amide bonds. The zero-order valence-electron chi connectivity index (χ0n) is 20.7. The molecule has 7 heteroatoms. The van der Waals surface area contributed by atoms with E-state index in [1.807, 2.05) is 12.1 Å². The Kier molecular flexibility index (Phi) is 5.41. The van der Waals surface area contributed by atoms with Crippen molar-refractivity contribution in [3.05, 3.63) is 35.7 Å². The molecule has 0 aliphatic heterocycles. The normalized spacial score (nSPS) is 31.1. The molecule has 6 saturated carbocycles. The van der Waals surface area contributed by atoms with E-state index in [2.05, 4.69) is 31.8 Å². The maximum absolute atomic E-state index is 14.1. The number of carbonyl (C=O) groups is 1. The van der Waals surface area contributed by atoms with Crippen molar-refractivity contribution in [3.8, 4) is 5.75 Å². The largest absolute Gasteiger partial charge is 0.497 e. The Hall–Kier alpha value is -2.02. The molecular formula is C28H36N4O2S. The SMILES string of the molecule is COc1cccc(CN(C(=O)CSc2nnc(C3CC3)n2C2CC2)C23CC4CC(CC(C4)C2)C3)c1. The van der Waals surface area contributed by atoms with E-state index in [9.17, 15) is 4.79 Å². The predicted octanol–water partition coefficient (Wildman–Crippen LogP) is 5.59. The van der Waals surface area contributed by atoms with Crippen molar-refractivity contribution in [3.63, 3.8) is 0 Å². The standard InChI is InChI=1S/C28H36N4O2S/c1-34-24-4-2-3-18(12-24)16-31(28-13-19-9-20(14-28)11-21(10-19)15-28)25(33)17-35-27-30-29-26(22-5-6-22)32(27)23-7-8-23/h2-4,12,19-23H,5-11,13-17H2,1H3. The summed E-state index contributed by atoms with van der Waals surface area (Å²) in [4.78, 5) is 16.3. The van der Waals surface area contributed by atoms with Crippen molar-refractivity contribution in [1.82, 2.24) is 19.7 Å². The summed E-state index contributed by atoms with van der Waals surface area (Å²) in [6.07, 6.45) is 12.6. The Morgan fingerprint density at radius 2 is 1.80 bits per heavy atom. The van der Waals surface area contributed by atoms with Crippen molar-refractivity contribution in [2.75, 3.05) is 12.9 Å². The molecular weight excluding hydrogens is 456 g/mol. The molecule has 0 N–H and O–H groups in total. The number of hydrogen-bond donors (Lipinski definition) is 0. The van der Waals surface area contributed by atoms with Crippen LogP contribution in [-0.4, -0.2) is 44.0 Å². The van der Waals surface area contributed by atoms with E-state index in [0.29, 0.717) is 24.3 Å². The number of hydrogen-bond acceptors (Lipinski definition) is 5. The Balaban J connectivity index is 1.15. The first-order valence-corrected chi connectivity index (χ1v) is 14.6. The highest BCUT2D eigenvalue weighted by Gasteiger charge is 2.54. The van der Waals surface area contributed by atoms with Crippen LogP contribution in [0.4, 0.5) is 0 Å². The van der Waals surface area contributed by atoms with Gasteiger partial charge in [0, 0.05) is 24.0 Å². The van der Waals surface area contributed by atoms with E-state index in [0.717, 1.165) is 40.0 Å². The predicted molar refractivity (Wildman–Crippen MR) is 135 cm³/mol. The summed E-state index contributed by atoms with van der Waals surface area (Å²) in [5.74, 6) is 5.72. The van der Waals surface area contributed by atoms with E-state index >= 15 is 0 Å². The molecule has 0 unspecified atom stereocenters. The molecule has 1 heterocycles. The van der Waals surface area contributed by atoms with Gasteiger partial charge in [0.25, 0.3) is 0 Å². The van der Waals surface area contributed by atoms with Crippen LogP contribution in [0.1, 0.15) is 87.6 Å². The van der Waals surface area contributed by atoms with Gasteiger partial charge >= 0.3 is 0 Å². The molecule has 0 saturated heterocycles. The lowest BCUT2D eigenvalue weighted by Crippen LogP contribution is -2.61. The van der Waals surface area contributed by atoms with Gasteiger partial charge in [0.1, 0.15) is 11.6 Å². The smallest absolute Gasteiger partial charge is 0.233 e. The summed E-state index contributed by atoms with van der Waals surface area (Å²) < 4.78 is 7.86. The van der Waals surface area contributed by atoms with Gasteiger partial charge in [-0.15, -0.1) is 10.2 Å². The van der Waals surface area contributed by atoms with Crippen LogP contribution in [0.2, 0.25) is 0 Å². The minimum absolute atomic E-state index is 0.0266. The summed E-state index contributed by atoms with van der Waals surface area (Å²) in [7, 11) is 1.71. The minimum atomic E-state index is 0.0266. The summed E-state index contributed by atoms with van der Waals surface area (Å²) in [5, 5.41) is 10.1. The summed E-state index contributed by atoms with van der Waals surface area (Å²) >= 11 is 1.61. The van der Waals surface area contributed by atoms with Crippen molar-refractivity contribution in [2.45, 2.75) is 93.4 Å². The molecule has 2 aromatic rings. The second-order valence-corrected chi connectivity index (χ2v) is 12.9. The number of benzene rings is 1. The zero-order chi connectivity index (χ0) is 23.6. The average Bonchev–Trinajstić information content (AvgIpc) is 3.79. The Bertz CT molecular complexity index is 1090. The van der Waals surface area contributed by atoms with E-state index in [4.69, 9.17) is 4.74 Å². The number of ether oxygens (including phenoxy) is 1. The van der Waals surface area contributed by atoms with E-state index < -0.39 is 0 Å². The molecule has 6 fully saturated rings. The Morgan fingerprint density at radius 3 is 2.43 bits per heavy atom. The molecule has 6 aliphatic rings. The monoisotopic (exact) mass is 492 g/mol. The maximum atomic E-state index is 14.1. The fourth-order valence-electron chi connectivity index (χ4n) is 7.76. The number of nitrogens with zero attached hydrogens (tertiary/aromatic N) is 4. The fraction of sp³-hybridized carbons (Fsp3) is 0.679. The number of rotatable bonds is 9. The third kappa shape index (κ3) is 4.17. The van der Waals surface area contributed by atoms with Crippen LogP contribution < -0.4 is 4.74 Å². The van der Waals surface area contributed by atoms with Gasteiger partial charge in [-0.2, -0.15) is 0 Å². The topological polar surface area (TPSA) is 60.2 Å². The molecule has 6 aliphatic carbocycles. The highest BCUT2D eigenvalue weighted by atomic mass is 32.2. The van der Waals surface area contributed by atoms with Crippen molar-refractivity contribution in [2.24, 2.45) is 17.8 Å². The van der Waals surface area contributed by atoms with Crippen LogP contribution in [0.3, 0.4) is 0 Å². The minimum Gasteiger partial charge on any atom is -0.497 e. The molecule has 1 aromatic heterocycles.